The van der Waals surface area contributed by atoms with Crippen molar-refractivity contribution in [2.45, 2.75) is 32.2 Å². The number of carbonyl (C=O) groups excluding carboxylic acids is 1. The van der Waals surface area contributed by atoms with Crippen molar-refractivity contribution in [2.24, 2.45) is 0 Å². The quantitative estimate of drug-likeness (QED) is 0.745. The van der Waals surface area contributed by atoms with Gasteiger partial charge >= 0.3 is 0 Å². The van der Waals surface area contributed by atoms with Gasteiger partial charge < -0.3 is 15.2 Å². The summed E-state index contributed by atoms with van der Waals surface area (Å²) < 4.78 is 7.00. The summed E-state index contributed by atoms with van der Waals surface area (Å²) in [5.41, 5.74) is 7.49. The van der Waals surface area contributed by atoms with Crippen LogP contribution in [0.25, 0.3) is 11.4 Å². The number of hydrogen-bond acceptors (Lipinski definition) is 7. The molecule has 3 aromatic rings. The highest BCUT2D eigenvalue weighted by Gasteiger charge is 2.29. The lowest BCUT2D eigenvalue weighted by Crippen LogP contribution is -2.41. The molecule has 4 rings (SSSR count). The fraction of sp³-hybridized carbons (Fsp3) is 0.389. The van der Waals surface area contributed by atoms with Crippen molar-refractivity contribution in [3.8, 4) is 11.4 Å². The minimum Gasteiger partial charge on any atom is -0.384 e. The van der Waals surface area contributed by atoms with Gasteiger partial charge in [-0.2, -0.15) is 10.1 Å². The Hall–Kier alpha value is -3.23. The molecule has 4 heterocycles. The van der Waals surface area contributed by atoms with E-state index in [-0.39, 0.29) is 18.4 Å². The van der Waals surface area contributed by atoms with Gasteiger partial charge in [-0.25, -0.2) is 4.68 Å². The topological polar surface area (TPSA) is 116 Å². The number of nitrogens with two attached hydrogens (primary N) is 1. The van der Waals surface area contributed by atoms with Gasteiger partial charge in [0, 0.05) is 37.1 Å². The number of pyridine rings is 1. The van der Waals surface area contributed by atoms with Crippen molar-refractivity contribution >= 4 is 11.7 Å². The minimum atomic E-state index is -0.0125. The third-order valence-corrected chi connectivity index (χ3v) is 4.70. The fourth-order valence-electron chi connectivity index (χ4n) is 3.34. The summed E-state index contributed by atoms with van der Waals surface area (Å²) in [5.74, 6) is 1.58. The zero-order valence-electron chi connectivity index (χ0n) is 15.1. The number of piperidine rings is 1. The van der Waals surface area contributed by atoms with Gasteiger partial charge in [0.2, 0.25) is 17.6 Å². The largest absolute Gasteiger partial charge is 0.384 e. The summed E-state index contributed by atoms with van der Waals surface area (Å²) in [6.07, 6.45) is 5.18. The van der Waals surface area contributed by atoms with E-state index < -0.39 is 0 Å². The first-order valence-electron chi connectivity index (χ1n) is 8.92. The Balaban J connectivity index is 1.44. The first-order chi connectivity index (χ1) is 13.1. The number of likely N-dealkylation sites (tertiary alicyclic amines) is 1. The summed E-state index contributed by atoms with van der Waals surface area (Å²) in [4.78, 5) is 23.1. The number of nitrogen functional groups attached to an aromatic ring is 1. The fourth-order valence-corrected chi connectivity index (χ4v) is 3.34. The molecule has 0 bridgehead atoms. The van der Waals surface area contributed by atoms with Gasteiger partial charge in [0.15, 0.2) is 0 Å². The van der Waals surface area contributed by atoms with Crippen LogP contribution in [0.3, 0.4) is 0 Å². The van der Waals surface area contributed by atoms with E-state index in [2.05, 4.69) is 20.2 Å². The Kier molecular flexibility index (Phi) is 4.57. The van der Waals surface area contributed by atoms with Crippen LogP contribution in [-0.2, 0) is 11.3 Å². The van der Waals surface area contributed by atoms with Crippen LogP contribution in [0.1, 0.15) is 30.3 Å². The highest BCUT2D eigenvalue weighted by molar-refractivity contribution is 5.76. The van der Waals surface area contributed by atoms with Crippen LogP contribution in [0.2, 0.25) is 0 Å². The van der Waals surface area contributed by atoms with E-state index in [1.165, 1.54) is 4.68 Å². The minimum absolute atomic E-state index is 0.0125. The zero-order valence-corrected chi connectivity index (χ0v) is 15.1. The number of nitrogens with zero attached hydrogens (tertiary/aromatic N) is 6. The van der Waals surface area contributed by atoms with Crippen LogP contribution < -0.4 is 5.73 Å². The van der Waals surface area contributed by atoms with Crippen molar-refractivity contribution in [3.63, 3.8) is 0 Å². The number of carbonyl (C=O) groups is 1. The van der Waals surface area contributed by atoms with Gasteiger partial charge in [0.1, 0.15) is 12.4 Å². The summed E-state index contributed by atoms with van der Waals surface area (Å²) in [6.45, 7) is 3.24. The van der Waals surface area contributed by atoms with Gasteiger partial charge in [-0.1, -0.05) is 5.16 Å². The van der Waals surface area contributed by atoms with Crippen LogP contribution in [0.4, 0.5) is 5.82 Å². The number of hydrogen-bond donors (Lipinski definition) is 1. The number of anilines is 1. The lowest BCUT2D eigenvalue weighted by molar-refractivity contribution is -0.133. The third-order valence-electron chi connectivity index (χ3n) is 4.70. The molecule has 3 aromatic heterocycles. The van der Waals surface area contributed by atoms with Crippen LogP contribution >= 0.6 is 0 Å². The predicted octanol–water partition coefficient (Wildman–Crippen LogP) is 1.62. The van der Waals surface area contributed by atoms with Gasteiger partial charge in [0.05, 0.1) is 11.6 Å². The Morgan fingerprint density at radius 1 is 1.44 bits per heavy atom. The molecular formula is C18H21N7O2. The average Bonchev–Trinajstić information content (AvgIpc) is 3.29. The van der Waals surface area contributed by atoms with E-state index in [1.807, 2.05) is 24.0 Å². The molecule has 27 heavy (non-hydrogen) atoms. The maximum Gasteiger partial charge on any atom is 0.244 e. The van der Waals surface area contributed by atoms with Crippen LogP contribution in [-0.4, -0.2) is 48.8 Å². The molecule has 0 radical (unpaired) electrons. The Bertz CT molecular complexity index is 934. The first kappa shape index (κ1) is 17.2. The van der Waals surface area contributed by atoms with Gasteiger partial charge in [-0.15, -0.1) is 0 Å². The summed E-state index contributed by atoms with van der Waals surface area (Å²) in [5, 5.41) is 8.31. The molecule has 1 atom stereocenters. The van der Waals surface area contributed by atoms with Gasteiger partial charge in [0.25, 0.3) is 0 Å². The molecule has 1 amide bonds. The van der Waals surface area contributed by atoms with Crippen molar-refractivity contribution in [3.05, 3.63) is 42.2 Å². The molecular weight excluding hydrogens is 346 g/mol. The lowest BCUT2D eigenvalue weighted by Gasteiger charge is -2.31. The highest BCUT2D eigenvalue weighted by atomic mass is 16.5. The molecule has 1 aliphatic rings. The normalized spacial score (nSPS) is 17.2. The van der Waals surface area contributed by atoms with E-state index in [0.717, 1.165) is 24.1 Å². The molecule has 0 unspecified atom stereocenters. The molecule has 0 aromatic carbocycles. The summed E-state index contributed by atoms with van der Waals surface area (Å²) in [6, 6.07) is 5.47. The molecule has 1 saturated heterocycles. The average molecular weight is 367 g/mol. The molecule has 9 nitrogen and oxygen atoms in total. The Labute approximate surface area is 156 Å². The second-order valence-electron chi connectivity index (χ2n) is 6.75. The lowest BCUT2D eigenvalue weighted by atomic mass is 9.98. The second-order valence-corrected chi connectivity index (χ2v) is 6.75. The maximum absolute atomic E-state index is 12.7. The number of aryl methyl sites for hydroxylation is 1. The van der Waals surface area contributed by atoms with E-state index in [1.54, 1.807) is 18.5 Å². The van der Waals surface area contributed by atoms with Gasteiger partial charge in [-0.3, -0.25) is 9.78 Å². The molecule has 9 heteroatoms. The summed E-state index contributed by atoms with van der Waals surface area (Å²) in [7, 11) is 0. The zero-order chi connectivity index (χ0) is 18.8. The smallest absolute Gasteiger partial charge is 0.244 e. The van der Waals surface area contributed by atoms with Crippen LogP contribution in [0, 0.1) is 6.92 Å². The molecule has 1 fully saturated rings. The number of aromatic nitrogens is 5. The van der Waals surface area contributed by atoms with Crippen LogP contribution in [0.15, 0.2) is 35.1 Å². The SMILES string of the molecule is Cc1cc(N)n(CC(=O)N2CCC[C@H](c3nc(-c4cccnc4)no3)C2)n1. The van der Waals surface area contributed by atoms with Gasteiger partial charge in [-0.05, 0) is 31.9 Å². The van der Waals surface area contributed by atoms with Crippen molar-refractivity contribution in [2.75, 3.05) is 18.8 Å². The van der Waals surface area contributed by atoms with Crippen molar-refractivity contribution < 1.29 is 9.32 Å². The monoisotopic (exact) mass is 367 g/mol. The third kappa shape index (κ3) is 3.67. The number of rotatable bonds is 4. The maximum atomic E-state index is 12.7. The van der Waals surface area contributed by atoms with E-state index >= 15 is 0 Å². The Morgan fingerprint density at radius 3 is 3.07 bits per heavy atom. The van der Waals surface area contributed by atoms with E-state index in [4.69, 9.17) is 10.3 Å². The molecule has 0 saturated carbocycles. The predicted molar refractivity (Wildman–Crippen MR) is 97.5 cm³/mol. The Morgan fingerprint density at radius 2 is 2.33 bits per heavy atom. The molecule has 0 aliphatic carbocycles. The second kappa shape index (κ2) is 7.18. The highest BCUT2D eigenvalue weighted by Crippen LogP contribution is 2.27. The molecule has 2 N–H and O–H groups in total. The van der Waals surface area contributed by atoms with E-state index in [0.29, 0.717) is 30.6 Å². The van der Waals surface area contributed by atoms with Crippen molar-refractivity contribution in [1.82, 2.24) is 29.8 Å². The standard InChI is InChI=1S/C18H21N7O2/c1-12-8-15(19)25(22-12)11-16(26)24-7-3-5-14(10-24)18-21-17(23-27-18)13-4-2-6-20-9-13/h2,4,6,8-9,14H,3,5,7,10-11,19H2,1H3/t14-/m0/s1. The first-order valence-corrected chi connectivity index (χ1v) is 8.92. The molecule has 0 spiro atoms. The number of amides is 1. The summed E-state index contributed by atoms with van der Waals surface area (Å²) >= 11 is 0. The van der Waals surface area contributed by atoms with Crippen LogP contribution in [0.5, 0.6) is 0 Å². The molecule has 1 aliphatic heterocycles. The van der Waals surface area contributed by atoms with Crippen molar-refractivity contribution in [1.29, 1.82) is 0 Å². The molecule has 140 valence electrons. The van der Waals surface area contributed by atoms with E-state index in [9.17, 15) is 4.79 Å².